The standard InChI is InChI=1S/C29H26BrIN2O5S/c1-6-12-37-26-20(30)13-18(14-21(26)31)15-23-27(34)33-25(19-10-8-9-11-22(19)38-16(3)4)24(28(35)36-7-2)17(5)32-29(33)39-23/h1,8-11,13-16,25H,7,12H2,2-5H3/b23-15+/t25-/m1/s1. The number of halogens is 2. The Labute approximate surface area is 252 Å². The molecule has 1 aliphatic rings. The maximum atomic E-state index is 14.0. The van der Waals surface area contributed by atoms with Crippen molar-refractivity contribution in [1.29, 1.82) is 0 Å². The van der Waals surface area contributed by atoms with Gasteiger partial charge in [-0.1, -0.05) is 35.5 Å². The van der Waals surface area contributed by atoms with Gasteiger partial charge in [0.05, 0.1) is 36.6 Å². The highest BCUT2D eigenvalue weighted by Gasteiger charge is 2.35. The lowest BCUT2D eigenvalue weighted by atomic mass is 9.95. The fraction of sp³-hybridized carbons (Fsp3) is 0.276. The van der Waals surface area contributed by atoms with E-state index in [-0.39, 0.29) is 24.9 Å². The number of benzene rings is 2. The van der Waals surface area contributed by atoms with E-state index in [0.29, 0.717) is 37.7 Å². The van der Waals surface area contributed by atoms with Gasteiger partial charge in [0.25, 0.3) is 5.56 Å². The van der Waals surface area contributed by atoms with Gasteiger partial charge in [-0.05, 0) is 96.1 Å². The number of para-hydroxylation sites is 1. The predicted octanol–water partition coefficient (Wildman–Crippen LogP) is 4.96. The highest BCUT2D eigenvalue weighted by Crippen LogP contribution is 2.36. The van der Waals surface area contributed by atoms with Crippen molar-refractivity contribution in [2.75, 3.05) is 13.2 Å². The lowest BCUT2D eigenvalue weighted by molar-refractivity contribution is -0.139. The highest BCUT2D eigenvalue weighted by molar-refractivity contribution is 14.1. The third-order valence-corrected chi connectivity index (χ3v) is 8.08. The van der Waals surface area contributed by atoms with Gasteiger partial charge in [0.2, 0.25) is 0 Å². The summed E-state index contributed by atoms with van der Waals surface area (Å²) in [4.78, 5) is 32.3. The number of fused-ring (bicyclic) bond motifs is 1. The molecule has 0 amide bonds. The van der Waals surface area contributed by atoms with Crippen molar-refractivity contribution < 1.29 is 19.0 Å². The number of esters is 1. The molecule has 0 unspecified atom stereocenters. The van der Waals surface area contributed by atoms with E-state index in [1.54, 1.807) is 24.5 Å². The number of thiazole rings is 1. The van der Waals surface area contributed by atoms with E-state index in [2.05, 4.69) is 49.4 Å². The average molecular weight is 721 g/mol. The molecule has 202 valence electrons. The van der Waals surface area contributed by atoms with Gasteiger partial charge in [-0.25, -0.2) is 9.79 Å². The van der Waals surface area contributed by atoms with E-state index < -0.39 is 12.0 Å². The van der Waals surface area contributed by atoms with E-state index in [0.717, 1.165) is 13.6 Å². The fourth-order valence-corrected chi connectivity index (χ4v) is 7.03. The molecule has 0 radical (unpaired) electrons. The first-order valence-corrected chi connectivity index (χ1v) is 14.9. The molecule has 10 heteroatoms. The summed E-state index contributed by atoms with van der Waals surface area (Å²) in [6.45, 7) is 7.71. The Kier molecular flexibility index (Phi) is 9.35. The van der Waals surface area contributed by atoms with Gasteiger partial charge < -0.3 is 14.2 Å². The number of rotatable bonds is 8. The lowest BCUT2D eigenvalue weighted by Crippen LogP contribution is -2.40. The zero-order chi connectivity index (χ0) is 28.3. The van der Waals surface area contributed by atoms with Gasteiger partial charge in [-0.3, -0.25) is 9.36 Å². The van der Waals surface area contributed by atoms with E-state index in [1.807, 2.05) is 50.2 Å². The Morgan fingerprint density at radius 3 is 2.74 bits per heavy atom. The summed E-state index contributed by atoms with van der Waals surface area (Å²) in [6.07, 6.45) is 7.03. The largest absolute Gasteiger partial charge is 0.491 e. The second-order valence-electron chi connectivity index (χ2n) is 8.81. The first kappa shape index (κ1) is 29.1. The molecule has 4 rings (SSSR count). The summed E-state index contributed by atoms with van der Waals surface area (Å²) in [5, 5.41) is 0. The van der Waals surface area contributed by atoms with Gasteiger partial charge >= 0.3 is 5.97 Å². The smallest absolute Gasteiger partial charge is 0.338 e. The van der Waals surface area contributed by atoms with Crippen molar-refractivity contribution in [1.82, 2.24) is 4.57 Å². The Balaban J connectivity index is 1.93. The molecule has 3 aromatic rings. The normalized spacial score (nSPS) is 15.0. The van der Waals surface area contributed by atoms with Crippen molar-refractivity contribution in [2.45, 2.75) is 39.8 Å². The molecular weight excluding hydrogens is 695 g/mol. The van der Waals surface area contributed by atoms with Crippen LogP contribution in [-0.2, 0) is 9.53 Å². The number of hydrogen-bond acceptors (Lipinski definition) is 7. The molecule has 2 aromatic carbocycles. The van der Waals surface area contributed by atoms with Crippen LogP contribution >= 0.6 is 49.9 Å². The molecule has 1 atom stereocenters. The minimum Gasteiger partial charge on any atom is -0.491 e. The SMILES string of the molecule is C#CCOc1c(Br)cc(/C=c2/sc3n(c2=O)[C@H](c2ccccc2OC(C)C)C(C(=O)OCC)=C(C)N=3)cc1I. The Hall–Kier alpha value is -2.88. The molecule has 0 fully saturated rings. The number of carbonyl (C=O) groups is 1. The van der Waals surface area contributed by atoms with Crippen molar-refractivity contribution in [3.63, 3.8) is 0 Å². The maximum absolute atomic E-state index is 14.0. The van der Waals surface area contributed by atoms with Crippen LogP contribution in [0.4, 0.5) is 0 Å². The quantitative estimate of drug-likeness (QED) is 0.187. The molecule has 0 bridgehead atoms. The molecule has 7 nitrogen and oxygen atoms in total. The second-order valence-corrected chi connectivity index (χ2v) is 11.8. The van der Waals surface area contributed by atoms with E-state index >= 15 is 0 Å². The summed E-state index contributed by atoms with van der Waals surface area (Å²) < 4.78 is 20.7. The van der Waals surface area contributed by atoms with Gasteiger partial charge in [0, 0.05) is 5.56 Å². The van der Waals surface area contributed by atoms with Crippen LogP contribution in [0.15, 0.2) is 61.9 Å². The van der Waals surface area contributed by atoms with Crippen LogP contribution in [0.1, 0.15) is 44.9 Å². The van der Waals surface area contributed by atoms with Gasteiger partial charge in [0.15, 0.2) is 4.80 Å². The van der Waals surface area contributed by atoms with Gasteiger partial charge in [0.1, 0.15) is 24.1 Å². The molecule has 2 heterocycles. The highest BCUT2D eigenvalue weighted by atomic mass is 127. The average Bonchev–Trinajstić information content (AvgIpc) is 3.17. The minimum absolute atomic E-state index is 0.105. The van der Waals surface area contributed by atoms with Crippen LogP contribution < -0.4 is 24.4 Å². The maximum Gasteiger partial charge on any atom is 0.338 e. The monoisotopic (exact) mass is 720 g/mol. The van der Waals surface area contributed by atoms with Crippen LogP contribution in [0, 0.1) is 15.9 Å². The van der Waals surface area contributed by atoms with Crippen LogP contribution in [-0.4, -0.2) is 29.9 Å². The summed E-state index contributed by atoms with van der Waals surface area (Å²) in [7, 11) is 0. The second kappa shape index (κ2) is 12.5. The Bertz CT molecular complexity index is 1660. The number of allylic oxidation sites excluding steroid dienone is 1. The molecule has 0 aliphatic carbocycles. The van der Waals surface area contributed by atoms with Crippen molar-refractivity contribution >= 4 is 61.9 Å². The third kappa shape index (κ3) is 6.15. The zero-order valence-corrected chi connectivity index (χ0v) is 26.3. The van der Waals surface area contributed by atoms with E-state index in [1.165, 1.54) is 11.3 Å². The molecule has 1 aliphatic heterocycles. The van der Waals surface area contributed by atoms with Crippen LogP contribution in [0.5, 0.6) is 11.5 Å². The van der Waals surface area contributed by atoms with Crippen molar-refractivity contribution in [3.05, 3.63) is 86.5 Å². The molecule has 1 aromatic heterocycles. The first-order valence-electron chi connectivity index (χ1n) is 12.2. The third-order valence-electron chi connectivity index (χ3n) is 5.71. The molecule has 39 heavy (non-hydrogen) atoms. The van der Waals surface area contributed by atoms with Crippen molar-refractivity contribution in [2.24, 2.45) is 4.99 Å². The minimum atomic E-state index is -0.760. The number of nitrogens with zero attached hydrogens (tertiary/aromatic N) is 2. The molecule has 0 N–H and O–H groups in total. The Morgan fingerprint density at radius 1 is 1.33 bits per heavy atom. The number of carbonyl (C=O) groups excluding carboxylic acids is 1. The summed E-state index contributed by atoms with van der Waals surface area (Å²) in [5.74, 6) is 3.18. The van der Waals surface area contributed by atoms with E-state index in [9.17, 15) is 9.59 Å². The van der Waals surface area contributed by atoms with Crippen LogP contribution in [0.2, 0.25) is 0 Å². The van der Waals surface area contributed by atoms with Crippen LogP contribution in [0.3, 0.4) is 0 Å². The summed E-state index contributed by atoms with van der Waals surface area (Å²) in [6, 6.07) is 10.4. The first-order chi connectivity index (χ1) is 18.7. The van der Waals surface area contributed by atoms with E-state index in [4.69, 9.17) is 20.6 Å². The summed E-state index contributed by atoms with van der Waals surface area (Å²) >= 11 is 6.97. The number of ether oxygens (including phenoxy) is 3. The summed E-state index contributed by atoms with van der Waals surface area (Å²) in [5.41, 5.74) is 2.02. The molecule has 0 spiro atoms. The zero-order valence-electron chi connectivity index (χ0n) is 21.8. The molecule has 0 saturated carbocycles. The lowest BCUT2D eigenvalue weighted by Gasteiger charge is -2.26. The van der Waals surface area contributed by atoms with Gasteiger partial charge in [-0.2, -0.15) is 0 Å². The van der Waals surface area contributed by atoms with Crippen molar-refractivity contribution in [3.8, 4) is 23.8 Å². The molecular formula is C29H26BrIN2O5S. The molecule has 0 saturated heterocycles. The van der Waals surface area contributed by atoms with Gasteiger partial charge in [-0.15, -0.1) is 6.42 Å². The number of terminal acetylenes is 1. The number of hydrogen-bond donors (Lipinski definition) is 0. The predicted molar refractivity (Wildman–Crippen MR) is 164 cm³/mol. The van der Waals surface area contributed by atoms with Crippen LogP contribution in [0.25, 0.3) is 6.08 Å². The topological polar surface area (TPSA) is 79.1 Å². The fourth-order valence-electron chi connectivity index (χ4n) is 4.22. The Morgan fingerprint density at radius 2 is 2.08 bits per heavy atom. The number of aromatic nitrogens is 1.